The molecule has 1 spiro atoms. The third-order valence-corrected chi connectivity index (χ3v) is 6.16. The number of hydrogen-bond acceptors (Lipinski definition) is 4. The molecule has 0 bridgehead atoms. The number of nitrogens with zero attached hydrogens (tertiary/aromatic N) is 1. The number of rotatable bonds is 2. The summed E-state index contributed by atoms with van der Waals surface area (Å²) >= 11 is -1.15. The smallest absolute Gasteiger partial charge is 0.407 e. The Bertz CT molecular complexity index is 391. The van der Waals surface area contributed by atoms with Crippen molar-refractivity contribution in [2.45, 2.75) is 57.4 Å². The van der Waals surface area contributed by atoms with E-state index in [9.17, 15) is 9.35 Å². The first kappa shape index (κ1) is 16.9. The summed E-state index contributed by atoms with van der Waals surface area (Å²) in [6.45, 7) is 9.47. The average molecular weight is 318 g/mol. The fourth-order valence-corrected chi connectivity index (χ4v) is 4.12. The molecule has 0 radical (unpaired) electrons. The van der Waals surface area contributed by atoms with Crippen LogP contribution in [0.15, 0.2) is 0 Å². The maximum Gasteiger partial charge on any atom is 0.407 e. The van der Waals surface area contributed by atoms with E-state index in [1.807, 2.05) is 27.7 Å². The van der Waals surface area contributed by atoms with Crippen molar-refractivity contribution in [3.63, 3.8) is 0 Å². The molecule has 2 aliphatic heterocycles. The zero-order chi connectivity index (χ0) is 15.8. The minimum absolute atomic E-state index is 0.00678. The van der Waals surface area contributed by atoms with Gasteiger partial charge < -0.3 is 19.3 Å². The van der Waals surface area contributed by atoms with Crippen molar-refractivity contribution in [1.82, 2.24) is 9.62 Å². The molecule has 0 aromatic rings. The van der Waals surface area contributed by atoms with Crippen LogP contribution in [0.25, 0.3) is 0 Å². The van der Waals surface area contributed by atoms with Crippen LogP contribution < -0.4 is 4.72 Å². The molecule has 122 valence electrons. The fourth-order valence-electron chi connectivity index (χ4n) is 3.09. The Labute approximate surface area is 129 Å². The first-order valence-electron chi connectivity index (χ1n) is 7.43. The number of nitrogens with one attached hydrogen (secondary N) is 1. The molecule has 7 heteroatoms. The predicted octanol–water partition coefficient (Wildman–Crippen LogP) is 1.59. The van der Waals surface area contributed by atoms with Gasteiger partial charge in [0.2, 0.25) is 0 Å². The molecule has 0 aromatic carbocycles. The molecule has 2 N–H and O–H groups in total. The molecular weight excluding hydrogens is 292 g/mol. The Kier molecular flexibility index (Phi) is 4.78. The second-order valence-corrected chi connectivity index (χ2v) is 9.12. The average Bonchev–Trinajstić information content (AvgIpc) is 2.68. The Morgan fingerprint density at radius 3 is 2.48 bits per heavy atom. The third kappa shape index (κ3) is 3.47. The zero-order valence-corrected chi connectivity index (χ0v) is 14.0. The normalized spacial score (nSPS) is 30.6. The largest absolute Gasteiger partial charge is 0.598 e. The topological polar surface area (TPSA) is 84.9 Å². The molecule has 0 aromatic heterocycles. The summed E-state index contributed by atoms with van der Waals surface area (Å²) in [7, 11) is 0. The summed E-state index contributed by atoms with van der Waals surface area (Å²) in [6.07, 6.45) is 0.637. The van der Waals surface area contributed by atoms with Gasteiger partial charge in [0.15, 0.2) is 0 Å². The molecular formula is C14H26N2O4S. The number of amides is 1. The van der Waals surface area contributed by atoms with Gasteiger partial charge in [0, 0.05) is 29.9 Å². The lowest BCUT2D eigenvalue weighted by molar-refractivity contribution is 0.0644. The molecule has 3 atom stereocenters. The standard InChI is InChI=1S/C14H26N2O4S/c1-10-11(15-21(19)13(2,3)4)14(9-20-10)5-7-16(8-6-14)12(17)18/h10-11,15H,5-9H2,1-4H3,(H,17,18). The van der Waals surface area contributed by atoms with E-state index >= 15 is 0 Å². The highest BCUT2D eigenvalue weighted by atomic mass is 32.2. The van der Waals surface area contributed by atoms with E-state index in [1.165, 1.54) is 4.90 Å². The van der Waals surface area contributed by atoms with Crippen LogP contribution >= 0.6 is 0 Å². The SMILES string of the molecule is CC1OCC2(CCN(C(=O)O)CC2)C1N[S+]([O-])C(C)(C)C. The van der Waals surface area contributed by atoms with Gasteiger partial charge in [-0.25, -0.2) is 4.79 Å². The van der Waals surface area contributed by atoms with Gasteiger partial charge in [0.25, 0.3) is 0 Å². The molecule has 1 amide bonds. The lowest BCUT2D eigenvalue weighted by atomic mass is 9.73. The maximum absolute atomic E-state index is 12.4. The van der Waals surface area contributed by atoms with Crippen LogP contribution in [-0.2, 0) is 16.1 Å². The van der Waals surface area contributed by atoms with Crippen molar-refractivity contribution in [2.24, 2.45) is 5.41 Å². The Balaban J connectivity index is 2.07. The summed E-state index contributed by atoms with van der Waals surface area (Å²) in [4.78, 5) is 12.5. The van der Waals surface area contributed by atoms with Crippen molar-refractivity contribution in [2.75, 3.05) is 19.7 Å². The number of carboxylic acid groups (broad SMARTS) is 1. The van der Waals surface area contributed by atoms with E-state index in [1.54, 1.807) is 0 Å². The molecule has 2 fully saturated rings. The van der Waals surface area contributed by atoms with Crippen molar-refractivity contribution in [3.05, 3.63) is 0 Å². The van der Waals surface area contributed by atoms with Crippen LogP contribution in [0, 0.1) is 5.41 Å². The van der Waals surface area contributed by atoms with Crippen LogP contribution in [0.3, 0.4) is 0 Å². The van der Waals surface area contributed by atoms with E-state index in [2.05, 4.69) is 4.72 Å². The minimum atomic E-state index is -1.15. The van der Waals surface area contributed by atoms with Crippen LogP contribution in [0.2, 0.25) is 0 Å². The first-order valence-corrected chi connectivity index (χ1v) is 8.58. The first-order chi connectivity index (χ1) is 9.66. The van der Waals surface area contributed by atoms with Gasteiger partial charge in [0.05, 0.1) is 18.8 Å². The van der Waals surface area contributed by atoms with Crippen molar-refractivity contribution < 1.29 is 19.2 Å². The summed E-state index contributed by atoms with van der Waals surface area (Å²) < 4.78 is 21.1. The quantitative estimate of drug-likeness (QED) is 0.755. The molecule has 21 heavy (non-hydrogen) atoms. The highest BCUT2D eigenvalue weighted by molar-refractivity contribution is 7.90. The van der Waals surface area contributed by atoms with Gasteiger partial charge in [-0.2, -0.15) is 0 Å². The molecule has 2 heterocycles. The lowest BCUT2D eigenvalue weighted by Crippen LogP contribution is -2.57. The van der Waals surface area contributed by atoms with E-state index in [0.29, 0.717) is 19.7 Å². The van der Waals surface area contributed by atoms with Crippen LogP contribution in [0.4, 0.5) is 4.79 Å². The van der Waals surface area contributed by atoms with Crippen molar-refractivity contribution in [3.8, 4) is 0 Å². The Morgan fingerprint density at radius 1 is 1.43 bits per heavy atom. The molecule has 0 saturated carbocycles. The third-order valence-electron chi connectivity index (χ3n) is 4.58. The molecule has 2 aliphatic rings. The summed E-state index contributed by atoms with van der Waals surface area (Å²) in [5.74, 6) is 0. The number of ether oxygens (including phenoxy) is 1. The predicted molar refractivity (Wildman–Crippen MR) is 81.5 cm³/mol. The highest BCUT2D eigenvalue weighted by Crippen LogP contribution is 2.42. The minimum Gasteiger partial charge on any atom is -0.598 e. The number of likely N-dealkylation sites (tertiary alicyclic amines) is 1. The summed E-state index contributed by atoms with van der Waals surface area (Å²) in [5, 5.41) is 9.07. The van der Waals surface area contributed by atoms with Gasteiger partial charge in [0.1, 0.15) is 4.75 Å². The maximum atomic E-state index is 12.4. The molecule has 3 unspecified atom stereocenters. The van der Waals surface area contributed by atoms with Crippen molar-refractivity contribution >= 4 is 17.5 Å². The lowest BCUT2D eigenvalue weighted by Gasteiger charge is -2.42. The van der Waals surface area contributed by atoms with Gasteiger partial charge in [-0.3, -0.25) is 0 Å². The van der Waals surface area contributed by atoms with Crippen LogP contribution in [0.5, 0.6) is 0 Å². The zero-order valence-electron chi connectivity index (χ0n) is 13.2. The Hall–Kier alpha value is -0.500. The van der Waals surface area contributed by atoms with E-state index < -0.39 is 17.5 Å². The number of carbonyl (C=O) groups is 1. The second-order valence-electron chi connectivity index (χ2n) is 7.12. The molecule has 2 rings (SSSR count). The van der Waals surface area contributed by atoms with E-state index in [-0.39, 0.29) is 22.3 Å². The summed E-state index contributed by atoms with van der Waals surface area (Å²) in [5.41, 5.74) is -0.105. The van der Waals surface area contributed by atoms with Crippen molar-refractivity contribution in [1.29, 1.82) is 0 Å². The molecule has 2 saturated heterocycles. The number of piperidine rings is 1. The number of hydrogen-bond donors (Lipinski definition) is 2. The van der Waals surface area contributed by atoms with Gasteiger partial charge in [-0.05, 0) is 40.5 Å². The molecule has 6 nitrogen and oxygen atoms in total. The van der Waals surface area contributed by atoms with Gasteiger partial charge in [-0.1, -0.05) is 0 Å². The monoisotopic (exact) mass is 318 g/mol. The second kappa shape index (κ2) is 5.95. The van der Waals surface area contributed by atoms with Crippen LogP contribution in [0.1, 0.15) is 40.5 Å². The molecule has 0 aliphatic carbocycles. The summed E-state index contributed by atoms with van der Waals surface area (Å²) in [6, 6.07) is 0.00787. The fraction of sp³-hybridized carbons (Fsp3) is 0.929. The Morgan fingerprint density at radius 2 is 2.00 bits per heavy atom. The van der Waals surface area contributed by atoms with Gasteiger partial charge >= 0.3 is 6.09 Å². The highest BCUT2D eigenvalue weighted by Gasteiger charge is 2.52. The van der Waals surface area contributed by atoms with Gasteiger partial charge in [-0.15, -0.1) is 4.72 Å². The van der Waals surface area contributed by atoms with Crippen LogP contribution in [-0.4, -0.2) is 57.2 Å². The van der Waals surface area contributed by atoms with E-state index in [0.717, 1.165) is 12.8 Å². The van der Waals surface area contributed by atoms with E-state index in [4.69, 9.17) is 9.84 Å².